The molecule has 0 unspecified atom stereocenters. The Balaban J connectivity index is 1.66. The van der Waals surface area contributed by atoms with Gasteiger partial charge in [0.25, 0.3) is 0 Å². The summed E-state index contributed by atoms with van der Waals surface area (Å²) >= 11 is 1.40. The maximum Gasteiger partial charge on any atom is 0.416 e. The van der Waals surface area contributed by atoms with Gasteiger partial charge in [-0.25, -0.2) is 9.78 Å². The van der Waals surface area contributed by atoms with Gasteiger partial charge in [-0.3, -0.25) is 0 Å². The standard InChI is InChI=1S/C18H12F3NO2S/c19-18(20,21)14-8-4-7-13(9-14)17(23)24-10-15-11-25-16(22-15)12-5-2-1-3-6-12/h1-9,11H,10H2. The Bertz CT molecular complexity index is 875. The number of carbonyl (C=O) groups excluding carboxylic acids is 1. The van der Waals surface area contributed by atoms with Crippen molar-refractivity contribution in [2.45, 2.75) is 12.8 Å². The second-order valence-electron chi connectivity index (χ2n) is 5.16. The van der Waals surface area contributed by atoms with Crippen LogP contribution in [0.2, 0.25) is 0 Å². The normalized spacial score (nSPS) is 11.3. The lowest BCUT2D eigenvalue weighted by atomic mass is 10.1. The number of hydrogen-bond acceptors (Lipinski definition) is 4. The molecular weight excluding hydrogens is 351 g/mol. The van der Waals surface area contributed by atoms with E-state index in [-0.39, 0.29) is 12.2 Å². The summed E-state index contributed by atoms with van der Waals surface area (Å²) in [6.45, 7) is -0.0988. The van der Waals surface area contributed by atoms with Gasteiger partial charge in [-0.15, -0.1) is 11.3 Å². The smallest absolute Gasteiger partial charge is 0.416 e. The third kappa shape index (κ3) is 4.24. The minimum atomic E-state index is -4.50. The first kappa shape index (κ1) is 17.2. The number of esters is 1. The van der Waals surface area contributed by atoms with Crippen LogP contribution in [0.3, 0.4) is 0 Å². The van der Waals surface area contributed by atoms with Gasteiger partial charge >= 0.3 is 12.1 Å². The van der Waals surface area contributed by atoms with E-state index < -0.39 is 17.7 Å². The summed E-state index contributed by atoms with van der Waals surface area (Å²) in [7, 11) is 0. The molecule has 0 spiro atoms. The molecule has 0 amide bonds. The molecule has 3 aromatic rings. The van der Waals surface area contributed by atoms with Crippen LogP contribution in [-0.2, 0) is 17.5 Å². The van der Waals surface area contributed by atoms with Crippen molar-refractivity contribution >= 4 is 17.3 Å². The number of hydrogen-bond donors (Lipinski definition) is 0. The second kappa shape index (κ2) is 7.06. The van der Waals surface area contributed by atoms with Crippen LogP contribution in [0.15, 0.2) is 60.0 Å². The van der Waals surface area contributed by atoms with Gasteiger partial charge in [-0.1, -0.05) is 36.4 Å². The average molecular weight is 363 g/mol. The summed E-state index contributed by atoms with van der Waals surface area (Å²) in [4.78, 5) is 16.3. The summed E-state index contributed by atoms with van der Waals surface area (Å²) < 4.78 is 43.1. The topological polar surface area (TPSA) is 39.2 Å². The zero-order chi connectivity index (χ0) is 17.9. The van der Waals surface area contributed by atoms with Crippen molar-refractivity contribution in [1.82, 2.24) is 4.98 Å². The van der Waals surface area contributed by atoms with Crippen LogP contribution in [-0.4, -0.2) is 11.0 Å². The first-order valence-electron chi connectivity index (χ1n) is 7.28. The van der Waals surface area contributed by atoms with Crippen molar-refractivity contribution in [2.75, 3.05) is 0 Å². The number of aromatic nitrogens is 1. The van der Waals surface area contributed by atoms with Crippen LogP contribution in [0.1, 0.15) is 21.6 Å². The van der Waals surface area contributed by atoms with Gasteiger partial charge < -0.3 is 4.74 Å². The fourth-order valence-electron chi connectivity index (χ4n) is 2.13. The summed E-state index contributed by atoms with van der Waals surface area (Å²) in [5.41, 5.74) is 0.461. The van der Waals surface area contributed by atoms with Crippen LogP contribution in [0.25, 0.3) is 10.6 Å². The molecule has 0 atom stereocenters. The highest BCUT2D eigenvalue weighted by Crippen LogP contribution is 2.29. The van der Waals surface area contributed by atoms with Crippen LogP contribution in [0, 0.1) is 0 Å². The number of rotatable bonds is 4. The van der Waals surface area contributed by atoms with E-state index in [9.17, 15) is 18.0 Å². The Morgan fingerprint density at radius 3 is 2.56 bits per heavy atom. The fourth-order valence-corrected chi connectivity index (χ4v) is 2.94. The number of benzene rings is 2. The zero-order valence-corrected chi connectivity index (χ0v) is 13.6. The van der Waals surface area contributed by atoms with Gasteiger partial charge in [0.2, 0.25) is 0 Å². The van der Waals surface area contributed by atoms with Crippen LogP contribution < -0.4 is 0 Å². The van der Waals surface area contributed by atoms with E-state index in [0.717, 1.165) is 22.7 Å². The maximum atomic E-state index is 12.7. The predicted molar refractivity (Wildman–Crippen MR) is 88.1 cm³/mol. The monoisotopic (exact) mass is 363 g/mol. The van der Waals surface area contributed by atoms with Crippen molar-refractivity contribution in [3.63, 3.8) is 0 Å². The summed E-state index contributed by atoms with van der Waals surface area (Å²) in [6, 6.07) is 13.7. The number of ether oxygens (including phenoxy) is 1. The lowest BCUT2D eigenvalue weighted by molar-refractivity contribution is -0.137. The fraction of sp³-hybridized carbons (Fsp3) is 0.111. The van der Waals surface area contributed by atoms with Gasteiger partial charge in [0.1, 0.15) is 11.6 Å². The van der Waals surface area contributed by atoms with Crippen LogP contribution in [0.5, 0.6) is 0 Å². The van der Waals surface area contributed by atoms with E-state index in [2.05, 4.69) is 4.98 Å². The van der Waals surface area contributed by atoms with Crippen molar-refractivity contribution < 1.29 is 22.7 Å². The molecule has 1 heterocycles. The second-order valence-corrected chi connectivity index (χ2v) is 6.02. The van der Waals surface area contributed by atoms with Crippen molar-refractivity contribution in [3.8, 4) is 10.6 Å². The molecule has 128 valence electrons. The van der Waals surface area contributed by atoms with Crippen LogP contribution in [0.4, 0.5) is 13.2 Å². The molecule has 0 aliphatic carbocycles. The third-order valence-electron chi connectivity index (χ3n) is 3.35. The highest BCUT2D eigenvalue weighted by atomic mass is 32.1. The van der Waals surface area contributed by atoms with Crippen molar-refractivity contribution in [3.05, 3.63) is 76.8 Å². The highest BCUT2D eigenvalue weighted by Gasteiger charge is 2.31. The molecule has 0 radical (unpaired) electrons. The Labute approximate surface area is 145 Å². The molecule has 2 aromatic carbocycles. The zero-order valence-electron chi connectivity index (χ0n) is 12.8. The molecule has 0 fully saturated rings. The molecule has 0 aliphatic rings. The SMILES string of the molecule is O=C(OCc1csc(-c2ccccc2)n1)c1cccc(C(F)(F)F)c1. The molecule has 7 heteroatoms. The lowest BCUT2D eigenvalue weighted by Gasteiger charge is -2.08. The number of nitrogens with zero attached hydrogens (tertiary/aromatic N) is 1. The average Bonchev–Trinajstić information content (AvgIpc) is 3.09. The van der Waals surface area contributed by atoms with E-state index in [0.29, 0.717) is 5.69 Å². The molecule has 3 nitrogen and oxygen atoms in total. The molecule has 1 aromatic heterocycles. The summed E-state index contributed by atoms with van der Waals surface area (Å²) in [5.74, 6) is -0.819. The Kier molecular flexibility index (Phi) is 4.85. The van der Waals surface area contributed by atoms with E-state index in [1.807, 2.05) is 30.3 Å². The summed E-state index contributed by atoms with van der Waals surface area (Å²) in [6.07, 6.45) is -4.50. The minimum Gasteiger partial charge on any atom is -0.456 e. The Hall–Kier alpha value is -2.67. The van der Waals surface area contributed by atoms with Crippen molar-refractivity contribution in [1.29, 1.82) is 0 Å². The third-order valence-corrected chi connectivity index (χ3v) is 4.29. The van der Waals surface area contributed by atoms with Gasteiger partial charge in [-0.2, -0.15) is 13.2 Å². The number of thiazole rings is 1. The molecule has 3 rings (SSSR count). The first-order valence-corrected chi connectivity index (χ1v) is 8.15. The quantitative estimate of drug-likeness (QED) is 0.599. The number of carbonyl (C=O) groups is 1. The Morgan fingerprint density at radius 1 is 1.08 bits per heavy atom. The molecular formula is C18H12F3NO2S. The molecule has 0 bridgehead atoms. The molecule has 0 saturated heterocycles. The lowest BCUT2D eigenvalue weighted by Crippen LogP contribution is -2.09. The molecule has 0 aliphatic heterocycles. The summed E-state index contributed by atoms with van der Waals surface area (Å²) in [5, 5.41) is 2.53. The van der Waals surface area contributed by atoms with Gasteiger partial charge in [0.15, 0.2) is 0 Å². The van der Waals surface area contributed by atoms with Crippen LogP contribution >= 0.6 is 11.3 Å². The van der Waals surface area contributed by atoms with Gasteiger partial charge in [0.05, 0.1) is 16.8 Å². The maximum absolute atomic E-state index is 12.7. The number of alkyl halides is 3. The van der Waals surface area contributed by atoms with Gasteiger partial charge in [0, 0.05) is 10.9 Å². The predicted octanol–water partition coefficient (Wildman–Crippen LogP) is 5.19. The van der Waals surface area contributed by atoms with E-state index in [1.165, 1.54) is 23.5 Å². The molecule has 0 N–H and O–H groups in total. The first-order chi connectivity index (χ1) is 11.9. The van der Waals surface area contributed by atoms with E-state index >= 15 is 0 Å². The van der Waals surface area contributed by atoms with Gasteiger partial charge in [-0.05, 0) is 18.2 Å². The molecule has 0 saturated carbocycles. The van der Waals surface area contributed by atoms with E-state index in [4.69, 9.17) is 4.74 Å². The number of halogens is 3. The Morgan fingerprint density at radius 2 is 1.84 bits per heavy atom. The van der Waals surface area contributed by atoms with Crippen molar-refractivity contribution in [2.24, 2.45) is 0 Å². The largest absolute Gasteiger partial charge is 0.456 e. The highest BCUT2D eigenvalue weighted by molar-refractivity contribution is 7.13. The molecule has 25 heavy (non-hydrogen) atoms. The minimum absolute atomic E-state index is 0.0988. The van der Waals surface area contributed by atoms with E-state index in [1.54, 1.807) is 5.38 Å².